The summed E-state index contributed by atoms with van der Waals surface area (Å²) >= 11 is 0. The van der Waals surface area contributed by atoms with Crippen LogP contribution in [-0.4, -0.2) is 39.2 Å². The summed E-state index contributed by atoms with van der Waals surface area (Å²) in [5.41, 5.74) is 2.13. The predicted molar refractivity (Wildman–Crippen MR) is 110 cm³/mol. The molecule has 5 rings (SSSR count). The van der Waals surface area contributed by atoms with Crippen LogP contribution in [0.15, 0.2) is 51.8 Å². The Hall–Kier alpha value is -3.51. The Morgan fingerprint density at radius 2 is 1.67 bits per heavy atom. The molecule has 0 saturated carbocycles. The summed E-state index contributed by atoms with van der Waals surface area (Å²) < 4.78 is 75.2. The van der Waals surface area contributed by atoms with E-state index >= 15 is 0 Å². The predicted octanol–water partition coefficient (Wildman–Crippen LogP) is 3.30. The smallest absolute Gasteiger partial charge is 0.268 e. The zero-order valence-corrected chi connectivity index (χ0v) is 18.0. The number of aryl methyl sites for hydroxylation is 1. The number of sulfonamides is 1. The van der Waals surface area contributed by atoms with E-state index < -0.39 is 32.4 Å². The molecule has 0 atom stereocenters. The number of nitrogens with zero attached hydrogens (tertiary/aromatic N) is 5. The molecule has 0 fully saturated rings. The van der Waals surface area contributed by atoms with Crippen LogP contribution in [0.25, 0.3) is 23.0 Å². The Balaban J connectivity index is 1.50. The molecule has 8 nitrogen and oxygen atoms in total. The quantitative estimate of drug-likeness (QED) is 0.450. The number of rotatable bonds is 4. The van der Waals surface area contributed by atoms with E-state index in [4.69, 9.17) is 4.42 Å². The Bertz CT molecular complexity index is 1470. The SMILES string of the molecule is Cn1nc(-c2nnc(-c3ccc(F)cc3)o2)c2c1CCN(S(=O)(=O)c1ccc(F)cc1F)C2. The van der Waals surface area contributed by atoms with Crippen molar-refractivity contribution in [2.75, 3.05) is 6.54 Å². The van der Waals surface area contributed by atoms with Gasteiger partial charge in [-0.25, -0.2) is 21.6 Å². The van der Waals surface area contributed by atoms with Crippen molar-refractivity contribution >= 4 is 10.0 Å². The molecule has 0 spiro atoms. The lowest BCUT2D eigenvalue weighted by molar-refractivity contribution is 0.383. The van der Waals surface area contributed by atoms with Crippen molar-refractivity contribution in [3.63, 3.8) is 0 Å². The molecule has 0 N–H and O–H groups in total. The zero-order valence-electron chi connectivity index (χ0n) is 17.2. The second-order valence-corrected chi connectivity index (χ2v) is 9.39. The highest BCUT2D eigenvalue weighted by molar-refractivity contribution is 7.89. The van der Waals surface area contributed by atoms with Gasteiger partial charge in [-0.15, -0.1) is 10.2 Å². The summed E-state index contributed by atoms with van der Waals surface area (Å²) in [5, 5.41) is 12.4. The molecule has 1 aliphatic rings. The van der Waals surface area contributed by atoms with Gasteiger partial charge in [-0.05, 0) is 36.4 Å². The molecular weight excluding hydrogens is 459 g/mol. The van der Waals surface area contributed by atoms with Crippen molar-refractivity contribution in [1.29, 1.82) is 0 Å². The minimum atomic E-state index is -4.23. The van der Waals surface area contributed by atoms with Gasteiger partial charge in [-0.3, -0.25) is 4.68 Å². The van der Waals surface area contributed by atoms with E-state index in [0.29, 0.717) is 29.3 Å². The van der Waals surface area contributed by atoms with Crippen molar-refractivity contribution < 1.29 is 26.0 Å². The fourth-order valence-electron chi connectivity index (χ4n) is 3.80. The lowest BCUT2D eigenvalue weighted by Crippen LogP contribution is -2.36. The standard InChI is InChI=1S/C21H16F3N5O3S/c1-28-17-8-9-29(33(30,31)18-7-6-14(23)10-16(18)24)11-15(17)19(27-28)21-26-25-20(32-21)12-2-4-13(22)5-3-12/h2-7,10H,8-9,11H2,1H3. The first kappa shape index (κ1) is 21.3. The Kier molecular flexibility index (Phi) is 5.05. The van der Waals surface area contributed by atoms with Gasteiger partial charge in [-0.1, -0.05) is 0 Å². The number of benzene rings is 2. The first-order valence-corrected chi connectivity index (χ1v) is 11.3. The number of hydrogen-bond donors (Lipinski definition) is 0. The molecule has 3 heterocycles. The molecule has 1 aliphatic heterocycles. The van der Waals surface area contributed by atoms with Gasteiger partial charge in [0.05, 0.1) is 0 Å². The lowest BCUT2D eigenvalue weighted by atomic mass is 10.1. The fraction of sp³-hybridized carbons (Fsp3) is 0.190. The van der Waals surface area contributed by atoms with Gasteiger partial charge in [0.15, 0.2) is 5.69 Å². The average Bonchev–Trinajstić information content (AvgIpc) is 3.39. The molecule has 0 unspecified atom stereocenters. The maximum atomic E-state index is 14.2. The molecule has 0 saturated heterocycles. The number of halogens is 3. The minimum Gasteiger partial charge on any atom is -0.415 e. The Labute approximate surface area is 186 Å². The van der Waals surface area contributed by atoms with Crippen LogP contribution in [0, 0.1) is 17.5 Å². The molecule has 4 aromatic rings. The first-order chi connectivity index (χ1) is 15.7. The Morgan fingerprint density at radius 3 is 2.39 bits per heavy atom. The average molecular weight is 475 g/mol. The summed E-state index contributed by atoms with van der Waals surface area (Å²) in [4.78, 5) is -0.603. The first-order valence-electron chi connectivity index (χ1n) is 9.84. The monoisotopic (exact) mass is 475 g/mol. The summed E-state index contributed by atoms with van der Waals surface area (Å²) in [6.07, 6.45) is 0.319. The third kappa shape index (κ3) is 3.70. The fourth-order valence-corrected chi connectivity index (χ4v) is 5.25. The molecule has 2 aromatic carbocycles. The molecule has 2 aromatic heterocycles. The van der Waals surface area contributed by atoms with Gasteiger partial charge in [-0.2, -0.15) is 9.40 Å². The largest absolute Gasteiger partial charge is 0.415 e. The van der Waals surface area contributed by atoms with E-state index in [-0.39, 0.29) is 24.9 Å². The molecule has 0 radical (unpaired) electrons. The van der Waals surface area contributed by atoms with Crippen LogP contribution in [0.4, 0.5) is 13.2 Å². The van der Waals surface area contributed by atoms with Crippen LogP contribution in [0.5, 0.6) is 0 Å². The molecule has 0 amide bonds. The summed E-state index contributed by atoms with van der Waals surface area (Å²) in [7, 11) is -2.52. The van der Waals surface area contributed by atoms with E-state index in [1.54, 1.807) is 11.7 Å². The van der Waals surface area contributed by atoms with E-state index in [2.05, 4.69) is 15.3 Å². The van der Waals surface area contributed by atoms with Crippen LogP contribution < -0.4 is 0 Å². The summed E-state index contributed by atoms with van der Waals surface area (Å²) in [5.74, 6) is -2.21. The highest BCUT2D eigenvalue weighted by Gasteiger charge is 2.35. The van der Waals surface area contributed by atoms with Crippen molar-refractivity contribution in [1.82, 2.24) is 24.3 Å². The van der Waals surface area contributed by atoms with Crippen molar-refractivity contribution in [2.24, 2.45) is 7.05 Å². The molecule has 0 aliphatic carbocycles. The topological polar surface area (TPSA) is 94.1 Å². The number of hydrogen-bond acceptors (Lipinski definition) is 6. The number of aromatic nitrogens is 4. The third-order valence-corrected chi connectivity index (χ3v) is 7.32. The summed E-state index contributed by atoms with van der Waals surface area (Å²) in [6.45, 7) is -0.0122. The molecule has 170 valence electrons. The molecule has 12 heteroatoms. The molecule has 0 bridgehead atoms. The van der Waals surface area contributed by atoms with Gasteiger partial charge in [0, 0.05) is 49.4 Å². The highest BCUT2D eigenvalue weighted by Crippen LogP contribution is 2.33. The van der Waals surface area contributed by atoms with Crippen LogP contribution in [0.3, 0.4) is 0 Å². The van der Waals surface area contributed by atoms with Crippen molar-refractivity contribution in [3.05, 3.63) is 71.2 Å². The van der Waals surface area contributed by atoms with Crippen LogP contribution in [0.2, 0.25) is 0 Å². The van der Waals surface area contributed by atoms with E-state index in [0.717, 1.165) is 22.1 Å². The Morgan fingerprint density at radius 1 is 0.970 bits per heavy atom. The zero-order chi connectivity index (χ0) is 23.3. The van der Waals surface area contributed by atoms with E-state index in [9.17, 15) is 21.6 Å². The molecular formula is C21H16F3N5O3S. The molecule has 33 heavy (non-hydrogen) atoms. The minimum absolute atomic E-state index is 0.0679. The second-order valence-electron chi connectivity index (χ2n) is 7.48. The van der Waals surface area contributed by atoms with Crippen molar-refractivity contribution in [2.45, 2.75) is 17.9 Å². The normalized spacial score (nSPS) is 14.4. The highest BCUT2D eigenvalue weighted by atomic mass is 32.2. The van der Waals surface area contributed by atoms with E-state index in [1.807, 2.05) is 0 Å². The van der Waals surface area contributed by atoms with Gasteiger partial charge >= 0.3 is 0 Å². The van der Waals surface area contributed by atoms with Crippen LogP contribution in [-0.2, 0) is 30.0 Å². The van der Waals surface area contributed by atoms with Crippen LogP contribution in [0.1, 0.15) is 11.3 Å². The summed E-state index contributed by atoms with van der Waals surface area (Å²) in [6, 6.07) is 7.85. The lowest BCUT2D eigenvalue weighted by Gasteiger charge is -2.26. The van der Waals surface area contributed by atoms with Gasteiger partial charge in [0.2, 0.25) is 15.9 Å². The third-order valence-electron chi connectivity index (χ3n) is 5.44. The van der Waals surface area contributed by atoms with E-state index in [1.165, 1.54) is 24.3 Å². The van der Waals surface area contributed by atoms with Gasteiger partial charge in [0.25, 0.3) is 5.89 Å². The second kappa shape index (κ2) is 7.81. The van der Waals surface area contributed by atoms with Crippen LogP contribution >= 0.6 is 0 Å². The van der Waals surface area contributed by atoms with Gasteiger partial charge < -0.3 is 4.42 Å². The van der Waals surface area contributed by atoms with Gasteiger partial charge in [0.1, 0.15) is 22.3 Å². The number of fused-ring (bicyclic) bond motifs is 1. The van der Waals surface area contributed by atoms with Crippen molar-refractivity contribution in [3.8, 4) is 23.0 Å². The maximum Gasteiger partial charge on any atom is 0.268 e. The maximum absolute atomic E-state index is 14.2.